The van der Waals surface area contributed by atoms with Crippen molar-refractivity contribution >= 4 is 17.3 Å². The van der Waals surface area contributed by atoms with E-state index in [1.54, 1.807) is 12.1 Å². The maximum Gasteiger partial charge on any atom is 0.224 e. The minimum Gasteiger partial charge on any atom is -0.508 e. The molecule has 27 heavy (non-hydrogen) atoms. The van der Waals surface area contributed by atoms with E-state index < -0.39 is 0 Å². The van der Waals surface area contributed by atoms with Crippen LogP contribution in [0.3, 0.4) is 0 Å². The molecule has 4 nitrogen and oxygen atoms in total. The Balaban J connectivity index is 1.42. The average molecular weight is 358 g/mol. The van der Waals surface area contributed by atoms with Gasteiger partial charge in [0.2, 0.25) is 5.91 Å². The summed E-state index contributed by atoms with van der Waals surface area (Å²) in [6.45, 7) is 0. The van der Waals surface area contributed by atoms with Crippen LogP contribution >= 0.6 is 0 Å². The molecule has 1 aliphatic rings. The number of phenols is 1. The summed E-state index contributed by atoms with van der Waals surface area (Å²) in [7, 11) is 0. The van der Waals surface area contributed by atoms with E-state index in [1.165, 1.54) is 5.56 Å². The first-order chi connectivity index (χ1) is 13.2. The number of aryl methyl sites for hydroxylation is 1. The Kier molecular flexibility index (Phi) is 4.79. The molecule has 1 unspecified atom stereocenters. The summed E-state index contributed by atoms with van der Waals surface area (Å²) in [6, 6.07) is 23.4. The Morgan fingerprint density at radius 2 is 1.74 bits per heavy atom. The first-order valence-electron chi connectivity index (χ1n) is 9.20. The van der Waals surface area contributed by atoms with E-state index in [4.69, 9.17) is 0 Å². The fraction of sp³-hybridized carbons (Fsp3) is 0.174. The van der Waals surface area contributed by atoms with Gasteiger partial charge >= 0.3 is 0 Å². The fourth-order valence-corrected chi connectivity index (χ4v) is 3.53. The molecule has 1 aliphatic heterocycles. The number of para-hydroxylation sites is 2. The maximum absolute atomic E-state index is 12.5. The van der Waals surface area contributed by atoms with Crippen LogP contribution in [0, 0.1) is 0 Å². The number of phenolic OH excluding ortho intramolecular Hbond substituents is 1. The fourth-order valence-electron chi connectivity index (χ4n) is 3.53. The van der Waals surface area contributed by atoms with Crippen molar-refractivity contribution in [2.75, 3.05) is 10.6 Å². The van der Waals surface area contributed by atoms with E-state index in [0.29, 0.717) is 12.8 Å². The van der Waals surface area contributed by atoms with Crippen LogP contribution in [-0.2, 0) is 17.6 Å². The number of fused-ring (bicyclic) bond motifs is 1. The van der Waals surface area contributed by atoms with E-state index >= 15 is 0 Å². The van der Waals surface area contributed by atoms with Crippen molar-refractivity contribution in [1.82, 2.24) is 0 Å². The molecule has 3 N–H and O–H groups in total. The highest BCUT2D eigenvalue weighted by atomic mass is 16.3. The predicted octanol–water partition coefficient (Wildman–Crippen LogP) is 4.67. The molecule has 136 valence electrons. The summed E-state index contributed by atoms with van der Waals surface area (Å²) in [6.07, 6.45) is 1.95. The lowest BCUT2D eigenvalue weighted by Crippen LogP contribution is -2.16. The number of aromatic hydroxyl groups is 1. The molecule has 0 saturated carbocycles. The highest BCUT2D eigenvalue weighted by Crippen LogP contribution is 2.36. The Hall–Kier alpha value is -3.27. The van der Waals surface area contributed by atoms with Gasteiger partial charge in [-0.3, -0.25) is 4.79 Å². The lowest BCUT2D eigenvalue weighted by Gasteiger charge is -2.17. The third-order valence-electron chi connectivity index (χ3n) is 4.96. The highest BCUT2D eigenvalue weighted by Gasteiger charge is 2.23. The summed E-state index contributed by atoms with van der Waals surface area (Å²) in [5, 5.41) is 16.0. The molecule has 4 rings (SSSR count). The Morgan fingerprint density at radius 3 is 2.56 bits per heavy atom. The molecule has 3 aromatic rings. The number of benzene rings is 3. The topological polar surface area (TPSA) is 61.4 Å². The van der Waals surface area contributed by atoms with Gasteiger partial charge in [-0.2, -0.15) is 0 Å². The van der Waals surface area contributed by atoms with Gasteiger partial charge < -0.3 is 15.7 Å². The summed E-state index contributed by atoms with van der Waals surface area (Å²) in [4.78, 5) is 12.5. The van der Waals surface area contributed by atoms with Crippen molar-refractivity contribution in [2.45, 2.75) is 25.3 Å². The van der Waals surface area contributed by atoms with Crippen LogP contribution in [0.2, 0.25) is 0 Å². The van der Waals surface area contributed by atoms with E-state index in [-0.39, 0.29) is 17.7 Å². The molecule has 4 heteroatoms. The highest BCUT2D eigenvalue weighted by molar-refractivity contribution is 5.92. The zero-order valence-corrected chi connectivity index (χ0v) is 15.0. The normalized spacial score (nSPS) is 15.0. The summed E-state index contributed by atoms with van der Waals surface area (Å²) < 4.78 is 0. The second kappa shape index (κ2) is 7.54. The SMILES string of the molecule is O=C(CCc1ccc(O)cc1)Nc1ccccc1C1Cc2ccccc2N1. The van der Waals surface area contributed by atoms with Crippen LogP contribution < -0.4 is 10.6 Å². The molecule has 1 heterocycles. The lowest BCUT2D eigenvalue weighted by atomic mass is 10.0. The second-order valence-electron chi connectivity index (χ2n) is 6.86. The van der Waals surface area contributed by atoms with Crippen molar-refractivity contribution in [1.29, 1.82) is 0 Å². The van der Waals surface area contributed by atoms with Crippen molar-refractivity contribution in [3.63, 3.8) is 0 Å². The van der Waals surface area contributed by atoms with Crippen LogP contribution in [-0.4, -0.2) is 11.0 Å². The molecule has 1 amide bonds. The van der Waals surface area contributed by atoms with Gasteiger partial charge in [-0.25, -0.2) is 0 Å². The number of carbonyl (C=O) groups is 1. The zero-order chi connectivity index (χ0) is 18.6. The predicted molar refractivity (Wildman–Crippen MR) is 108 cm³/mol. The van der Waals surface area contributed by atoms with Gasteiger partial charge in [-0.05, 0) is 53.8 Å². The number of rotatable bonds is 5. The number of carbonyl (C=O) groups excluding carboxylic acids is 1. The molecule has 0 aliphatic carbocycles. The van der Waals surface area contributed by atoms with Gasteiger partial charge in [-0.15, -0.1) is 0 Å². The van der Waals surface area contributed by atoms with Crippen LogP contribution in [0.25, 0.3) is 0 Å². The monoisotopic (exact) mass is 358 g/mol. The number of nitrogens with one attached hydrogen (secondary N) is 2. The van der Waals surface area contributed by atoms with Gasteiger partial charge in [0.1, 0.15) is 5.75 Å². The van der Waals surface area contributed by atoms with Crippen LogP contribution in [0.15, 0.2) is 72.8 Å². The lowest BCUT2D eigenvalue weighted by molar-refractivity contribution is -0.116. The average Bonchev–Trinajstić information content (AvgIpc) is 3.12. The van der Waals surface area contributed by atoms with Gasteiger partial charge in [0.25, 0.3) is 0 Å². The smallest absolute Gasteiger partial charge is 0.224 e. The minimum absolute atomic E-state index is 0.00830. The van der Waals surface area contributed by atoms with Crippen molar-refractivity contribution < 1.29 is 9.90 Å². The van der Waals surface area contributed by atoms with E-state index in [0.717, 1.165) is 28.9 Å². The maximum atomic E-state index is 12.5. The minimum atomic E-state index is -0.00830. The second-order valence-corrected chi connectivity index (χ2v) is 6.86. The van der Waals surface area contributed by atoms with Crippen molar-refractivity contribution in [2.24, 2.45) is 0 Å². The molecule has 3 aromatic carbocycles. The first-order valence-corrected chi connectivity index (χ1v) is 9.20. The van der Waals surface area contributed by atoms with Gasteiger partial charge in [0.05, 0.1) is 6.04 Å². The molecule has 0 saturated heterocycles. The van der Waals surface area contributed by atoms with Crippen molar-refractivity contribution in [3.05, 3.63) is 89.5 Å². The molecule has 0 spiro atoms. The third-order valence-corrected chi connectivity index (χ3v) is 4.96. The van der Waals surface area contributed by atoms with Crippen molar-refractivity contribution in [3.8, 4) is 5.75 Å². The first kappa shape index (κ1) is 17.2. The zero-order valence-electron chi connectivity index (χ0n) is 15.0. The summed E-state index contributed by atoms with van der Waals surface area (Å²) >= 11 is 0. The van der Waals surface area contributed by atoms with E-state index in [1.807, 2.05) is 36.4 Å². The van der Waals surface area contributed by atoms with Crippen LogP contribution in [0.4, 0.5) is 11.4 Å². The molecule has 1 atom stereocenters. The van der Waals surface area contributed by atoms with E-state index in [2.05, 4.69) is 34.9 Å². The number of hydrogen-bond donors (Lipinski definition) is 3. The van der Waals surface area contributed by atoms with E-state index in [9.17, 15) is 9.90 Å². The quantitative estimate of drug-likeness (QED) is 0.621. The number of hydrogen-bond acceptors (Lipinski definition) is 3. The molecule has 0 fully saturated rings. The molecular weight excluding hydrogens is 336 g/mol. The van der Waals surface area contributed by atoms with Crippen LogP contribution in [0.1, 0.15) is 29.2 Å². The van der Waals surface area contributed by atoms with Crippen LogP contribution in [0.5, 0.6) is 5.75 Å². The molecule has 0 radical (unpaired) electrons. The Bertz CT molecular complexity index is 926. The van der Waals surface area contributed by atoms with Gasteiger partial charge in [-0.1, -0.05) is 48.5 Å². The Labute approximate surface area is 158 Å². The Morgan fingerprint density at radius 1 is 1.00 bits per heavy atom. The molecule has 0 aromatic heterocycles. The number of amides is 1. The third kappa shape index (κ3) is 3.95. The molecule has 0 bridgehead atoms. The van der Waals surface area contributed by atoms with Gasteiger partial charge in [0.15, 0.2) is 0 Å². The summed E-state index contributed by atoms with van der Waals surface area (Å²) in [5.74, 6) is 0.230. The van der Waals surface area contributed by atoms with Gasteiger partial charge in [0, 0.05) is 17.8 Å². The molecular formula is C23H22N2O2. The number of anilines is 2. The largest absolute Gasteiger partial charge is 0.508 e. The standard InChI is InChI=1S/C23H22N2O2/c26-18-12-9-16(10-13-18)11-14-23(27)25-21-8-4-2-6-19(21)22-15-17-5-1-3-7-20(17)24-22/h1-10,12-13,22,24,26H,11,14-15H2,(H,25,27). The summed E-state index contributed by atoms with van der Waals surface area (Å²) in [5.41, 5.74) is 5.46.